The van der Waals surface area contributed by atoms with Crippen molar-refractivity contribution in [2.24, 2.45) is 0 Å². The Morgan fingerprint density at radius 2 is 1.85 bits per heavy atom. The Bertz CT molecular complexity index is 135. The van der Waals surface area contributed by atoms with Gasteiger partial charge in [-0.2, -0.15) is 0 Å². The second kappa shape index (κ2) is 4.97. The van der Waals surface area contributed by atoms with Crippen LogP contribution in [0.25, 0.3) is 0 Å². The summed E-state index contributed by atoms with van der Waals surface area (Å²) in [7, 11) is 0. The van der Waals surface area contributed by atoms with E-state index < -0.39 is 0 Å². The third kappa shape index (κ3) is 2.68. The van der Waals surface area contributed by atoms with Gasteiger partial charge in [0.05, 0.1) is 6.10 Å². The smallest absolute Gasteiger partial charge is 0.0728 e. The van der Waals surface area contributed by atoms with Crippen LogP contribution in [0.4, 0.5) is 0 Å². The summed E-state index contributed by atoms with van der Waals surface area (Å²) in [6.45, 7) is 2.19. The first-order valence-corrected chi connectivity index (χ1v) is 5.82. The molecule has 2 heteroatoms. The van der Waals surface area contributed by atoms with Gasteiger partial charge in [0, 0.05) is 12.6 Å². The van der Waals surface area contributed by atoms with Crippen LogP contribution < -0.4 is 5.32 Å². The average Bonchev–Trinajstić information content (AvgIpc) is 2.47. The Hall–Kier alpha value is -0.0800. The number of rotatable bonds is 1. The van der Waals surface area contributed by atoms with E-state index in [2.05, 4.69) is 5.32 Å². The molecular weight excluding hydrogens is 162 g/mol. The van der Waals surface area contributed by atoms with Crippen LogP contribution >= 0.6 is 0 Å². The number of nitrogens with one attached hydrogen (secondary N) is 1. The standard InChI is InChI=1S/C11H21NO/c1-2-6-10(12-8-4-1)11-7-3-5-9-13-11/h10-12H,1-9H2. The first-order chi connectivity index (χ1) is 6.47. The molecule has 13 heavy (non-hydrogen) atoms. The molecule has 0 aromatic heterocycles. The lowest BCUT2D eigenvalue weighted by molar-refractivity contribution is -0.00827. The van der Waals surface area contributed by atoms with Crippen molar-refractivity contribution in [3.05, 3.63) is 0 Å². The molecule has 2 rings (SSSR count). The van der Waals surface area contributed by atoms with E-state index in [1.807, 2.05) is 0 Å². The van der Waals surface area contributed by atoms with E-state index in [0.717, 1.165) is 6.61 Å². The maximum Gasteiger partial charge on any atom is 0.0728 e. The molecule has 2 nitrogen and oxygen atoms in total. The summed E-state index contributed by atoms with van der Waals surface area (Å²) in [5, 5.41) is 3.63. The number of ether oxygens (including phenoxy) is 1. The summed E-state index contributed by atoms with van der Waals surface area (Å²) in [4.78, 5) is 0. The minimum absolute atomic E-state index is 0.520. The van der Waals surface area contributed by atoms with Crippen LogP contribution in [0.5, 0.6) is 0 Å². The van der Waals surface area contributed by atoms with Crippen molar-refractivity contribution in [1.29, 1.82) is 0 Å². The molecule has 0 aromatic rings. The summed E-state index contributed by atoms with van der Waals surface area (Å²) >= 11 is 0. The largest absolute Gasteiger partial charge is 0.377 e. The fraction of sp³-hybridized carbons (Fsp3) is 1.00. The van der Waals surface area contributed by atoms with Gasteiger partial charge in [-0.1, -0.05) is 12.8 Å². The lowest BCUT2D eigenvalue weighted by atomic mass is 9.98. The van der Waals surface area contributed by atoms with Gasteiger partial charge in [0.1, 0.15) is 0 Å². The SMILES string of the molecule is C1CCNC(C2CCCCO2)CC1. The first kappa shape index (κ1) is 9.47. The average molecular weight is 183 g/mol. The molecule has 0 radical (unpaired) electrons. The van der Waals surface area contributed by atoms with Crippen molar-refractivity contribution in [1.82, 2.24) is 5.32 Å². The van der Waals surface area contributed by atoms with Crippen molar-refractivity contribution < 1.29 is 4.74 Å². The molecule has 0 bridgehead atoms. The van der Waals surface area contributed by atoms with Crippen LogP contribution in [0.3, 0.4) is 0 Å². The zero-order valence-corrected chi connectivity index (χ0v) is 8.43. The Morgan fingerprint density at radius 1 is 0.923 bits per heavy atom. The van der Waals surface area contributed by atoms with E-state index in [0.29, 0.717) is 12.1 Å². The Morgan fingerprint density at radius 3 is 2.69 bits per heavy atom. The van der Waals surface area contributed by atoms with E-state index >= 15 is 0 Å². The van der Waals surface area contributed by atoms with E-state index in [1.165, 1.54) is 51.5 Å². The molecule has 0 amide bonds. The fourth-order valence-electron chi connectivity index (χ4n) is 2.46. The van der Waals surface area contributed by atoms with Crippen molar-refractivity contribution in [3.63, 3.8) is 0 Å². The quantitative estimate of drug-likeness (QED) is 0.672. The third-order valence-corrected chi connectivity index (χ3v) is 3.26. The highest BCUT2D eigenvalue weighted by Gasteiger charge is 2.24. The predicted molar refractivity (Wildman–Crippen MR) is 53.8 cm³/mol. The van der Waals surface area contributed by atoms with Crippen molar-refractivity contribution >= 4 is 0 Å². The molecule has 2 aliphatic rings. The van der Waals surface area contributed by atoms with Gasteiger partial charge in [0.25, 0.3) is 0 Å². The molecule has 2 heterocycles. The number of hydrogen-bond acceptors (Lipinski definition) is 2. The Kier molecular flexibility index (Phi) is 3.62. The van der Waals surface area contributed by atoms with Crippen molar-refractivity contribution in [3.8, 4) is 0 Å². The van der Waals surface area contributed by atoms with Crippen LogP contribution in [0.15, 0.2) is 0 Å². The molecule has 2 fully saturated rings. The minimum Gasteiger partial charge on any atom is -0.377 e. The third-order valence-electron chi connectivity index (χ3n) is 3.26. The van der Waals surface area contributed by atoms with E-state index in [4.69, 9.17) is 4.74 Å². The molecule has 2 atom stereocenters. The van der Waals surface area contributed by atoms with Crippen LogP contribution in [-0.4, -0.2) is 25.3 Å². The van der Waals surface area contributed by atoms with Gasteiger partial charge in [-0.3, -0.25) is 0 Å². The summed E-state index contributed by atoms with van der Waals surface area (Å²) in [5.41, 5.74) is 0. The van der Waals surface area contributed by atoms with Crippen molar-refractivity contribution in [2.75, 3.05) is 13.2 Å². The maximum absolute atomic E-state index is 5.81. The molecule has 2 aliphatic heterocycles. The molecule has 2 unspecified atom stereocenters. The van der Waals surface area contributed by atoms with E-state index in [9.17, 15) is 0 Å². The second-order valence-corrected chi connectivity index (χ2v) is 4.31. The fourth-order valence-corrected chi connectivity index (χ4v) is 2.46. The van der Waals surface area contributed by atoms with Crippen LogP contribution in [0.2, 0.25) is 0 Å². The van der Waals surface area contributed by atoms with Crippen LogP contribution in [0.1, 0.15) is 44.9 Å². The lowest BCUT2D eigenvalue weighted by Gasteiger charge is -2.30. The zero-order valence-electron chi connectivity index (χ0n) is 8.43. The highest BCUT2D eigenvalue weighted by Crippen LogP contribution is 2.20. The Balaban J connectivity index is 1.82. The van der Waals surface area contributed by atoms with E-state index in [-0.39, 0.29) is 0 Å². The highest BCUT2D eigenvalue weighted by molar-refractivity contribution is 4.81. The van der Waals surface area contributed by atoms with Crippen LogP contribution in [-0.2, 0) is 4.74 Å². The van der Waals surface area contributed by atoms with Gasteiger partial charge in [0.2, 0.25) is 0 Å². The Labute approximate surface area is 81.0 Å². The normalized spacial score (nSPS) is 36.9. The van der Waals surface area contributed by atoms with Gasteiger partial charge in [-0.05, 0) is 38.6 Å². The molecule has 76 valence electrons. The molecule has 2 saturated heterocycles. The summed E-state index contributed by atoms with van der Waals surface area (Å²) in [6.07, 6.45) is 9.89. The van der Waals surface area contributed by atoms with Crippen LogP contribution in [0, 0.1) is 0 Å². The second-order valence-electron chi connectivity index (χ2n) is 4.31. The summed E-state index contributed by atoms with van der Waals surface area (Å²) < 4.78 is 5.81. The number of hydrogen-bond donors (Lipinski definition) is 1. The predicted octanol–water partition coefficient (Wildman–Crippen LogP) is 2.09. The molecule has 0 aromatic carbocycles. The monoisotopic (exact) mass is 183 g/mol. The molecule has 0 saturated carbocycles. The van der Waals surface area contributed by atoms with E-state index in [1.54, 1.807) is 0 Å². The minimum atomic E-state index is 0.520. The zero-order chi connectivity index (χ0) is 8.93. The van der Waals surface area contributed by atoms with Gasteiger partial charge in [-0.25, -0.2) is 0 Å². The molecule has 0 aliphatic carbocycles. The highest BCUT2D eigenvalue weighted by atomic mass is 16.5. The first-order valence-electron chi connectivity index (χ1n) is 5.82. The summed E-state index contributed by atoms with van der Waals surface area (Å²) in [5.74, 6) is 0. The molecule has 1 N–H and O–H groups in total. The topological polar surface area (TPSA) is 21.3 Å². The van der Waals surface area contributed by atoms with Gasteiger partial charge >= 0.3 is 0 Å². The van der Waals surface area contributed by atoms with Gasteiger partial charge in [0.15, 0.2) is 0 Å². The molecule has 0 spiro atoms. The van der Waals surface area contributed by atoms with Gasteiger partial charge < -0.3 is 10.1 Å². The lowest BCUT2D eigenvalue weighted by Crippen LogP contribution is -2.42. The van der Waals surface area contributed by atoms with Crippen molar-refractivity contribution in [2.45, 2.75) is 57.1 Å². The summed E-state index contributed by atoms with van der Waals surface area (Å²) in [6, 6.07) is 0.655. The molecular formula is C11H21NO. The maximum atomic E-state index is 5.81. The van der Waals surface area contributed by atoms with Gasteiger partial charge in [-0.15, -0.1) is 0 Å².